The van der Waals surface area contributed by atoms with Gasteiger partial charge in [0.1, 0.15) is 5.82 Å². The van der Waals surface area contributed by atoms with Gasteiger partial charge in [-0.3, -0.25) is 0 Å². The van der Waals surface area contributed by atoms with E-state index in [9.17, 15) is 12.8 Å². The van der Waals surface area contributed by atoms with Crippen molar-refractivity contribution in [1.82, 2.24) is 9.71 Å². The largest absolute Gasteiger partial charge is 0.348 e. The molecule has 0 saturated carbocycles. The van der Waals surface area contributed by atoms with Gasteiger partial charge in [0, 0.05) is 30.1 Å². The lowest BCUT2D eigenvalue weighted by molar-refractivity contribution is 0.460. The summed E-state index contributed by atoms with van der Waals surface area (Å²) in [6.07, 6.45) is 1.44. The van der Waals surface area contributed by atoms with E-state index in [2.05, 4.69) is 14.6 Å². The summed E-state index contributed by atoms with van der Waals surface area (Å²) in [4.78, 5) is 7.13. The van der Waals surface area contributed by atoms with E-state index < -0.39 is 10.0 Å². The Labute approximate surface area is 167 Å². The monoisotopic (exact) mass is 417 g/mol. The molecule has 1 fully saturated rings. The molecule has 146 valence electrons. The number of piperidine rings is 1. The minimum absolute atomic E-state index is 0.0852. The van der Waals surface area contributed by atoms with E-state index in [4.69, 9.17) is 0 Å². The van der Waals surface area contributed by atoms with Crippen molar-refractivity contribution in [3.63, 3.8) is 0 Å². The molecule has 0 spiro atoms. The van der Waals surface area contributed by atoms with Crippen LogP contribution in [0.15, 0.2) is 64.9 Å². The van der Waals surface area contributed by atoms with E-state index in [1.807, 2.05) is 5.38 Å². The van der Waals surface area contributed by atoms with Gasteiger partial charge in [0.25, 0.3) is 0 Å². The van der Waals surface area contributed by atoms with Crippen molar-refractivity contribution in [2.45, 2.75) is 23.8 Å². The number of hydrogen-bond donors (Lipinski definition) is 1. The smallest absolute Gasteiger partial charge is 0.240 e. The Morgan fingerprint density at radius 2 is 1.71 bits per heavy atom. The molecule has 0 amide bonds. The third kappa shape index (κ3) is 4.24. The van der Waals surface area contributed by atoms with Crippen molar-refractivity contribution in [2.24, 2.45) is 0 Å². The summed E-state index contributed by atoms with van der Waals surface area (Å²) >= 11 is 1.55. The molecule has 0 bridgehead atoms. The average Bonchev–Trinajstić information content (AvgIpc) is 3.20. The number of halogens is 1. The quantitative estimate of drug-likeness (QED) is 0.684. The van der Waals surface area contributed by atoms with Gasteiger partial charge in [0.05, 0.1) is 10.6 Å². The van der Waals surface area contributed by atoms with E-state index in [0.29, 0.717) is 4.90 Å². The molecule has 1 saturated heterocycles. The zero-order chi connectivity index (χ0) is 19.6. The highest BCUT2D eigenvalue weighted by Crippen LogP contribution is 2.29. The first-order valence-electron chi connectivity index (χ1n) is 9.05. The molecule has 0 radical (unpaired) electrons. The maximum atomic E-state index is 13.1. The molecule has 2 heterocycles. The summed E-state index contributed by atoms with van der Waals surface area (Å²) in [5, 5.41) is 2.87. The number of nitrogens with zero attached hydrogens (tertiary/aromatic N) is 2. The molecule has 0 unspecified atom stereocenters. The van der Waals surface area contributed by atoms with E-state index in [1.165, 1.54) is 12.1 Å². The van der Waals surface area contributed by atoms with E-state index in [-0.39, 0.29) is 11.9 Å². The molecule has 4 rings (SSSR count). The molecule has 1 aliphatic rings. The Kier molecular flexibility index (Phi) is 5.43. The Morgan fingerprint density at radius 3 is 2.39 bits per heavy atom. The number of thiazole rings is 1. The minimum atomic E-state index is -3.49. The second-order valence-corrected chi connectivity index (χ2v) is 9.27. The minimum Gasteiger partial charge on any atom is -0.348 e. The normalized spacial score (nSPS) is 15.7. The van der Waals surface area contributed by atoms with Gasteiger partial charge in [-0.1, -0.05) is 18.2 Å². The molecule has 5 nitrogen and oxygen atoms in total. The Hall–Kier alpha value is -2.29. The van der Waals surface area contributed by atoms with Gasteiger partial charge in [0.15, 0.2) is 5.13 Å². The van der Waals surface area contributed by atoms with Crippen molar-refractivity contribution in [3.05, 3.63) is 65.8 Å². The number of anilines is 1. The zero-order valence-electron chi connectivity index (χ0n) is 15.1. The van der Waals surface area contributed by atoms with Gasteiger partial charge < -0.3 is 4.90 Å². The topological polar surface area (TPSA) is 62.3 Å². The number of nitrogens with one attached hydrogen (secondary N) is 1. The molecule has 0 aliphatic carbocycles. The highest BCUT2D eigenvalue weighted by atomic mass is 32.2. The number of sulfonamides is 1. The molecule has 2 aromatic carbocycles. The van der Waals surface area contributed by atoms with Crippen LogP contribution in [0.4, 0.5) is 9.52 Å². The maximum absolute atomic E-state index is 13.1. The zero-order valence-corrected chi connectivity index (χ0v) is 16.7. The summed E-state index contributed by atoms with van der Waals surface area (Å²) in [5.74, 6) is -0.265. The van der Waals surface area contributed by atoms with Crippen LogP contribution in [0, 0.1) is 5.82 Å². The maximum Gasteiger partial charge on any atom is 0.240 e. The molecule has 0 atom stereocenters. The van der Waals surface area contributed by atoms with Crippen LogP contribution in [0.3, 0.4) is 0 Å². The van der Waals surface area contributed by atoms with Crippen LogP contribution in [0.25, 0.3) is 11.3 Å². The van der Waals surface area contributed by atoms with Gasteiger partial charge >= 0.3 is 0 Å². The lowest BCUT2D eigenvalue weighted by Crippen LogP contribution is -2.44. The summed E-state index contributed by atoms with van der Waals surface area (Å²) < 4.78 is 40.8. The molecule has 3 aromatic rings. The summed E-state index contributed by atoms with van der Waals surface area (Å²) in [7, 11) is -3.49. The van der Waals surface area contributed by atoms with Crippen LogP contribution < -0.4 is 9.62 Å². The number of aromatic nitrogens is 1. The predicted octanol–water partition coefficient (Wildman–Crippen LogP) is 3.90. The van der Waals surface area contributed by atoms with Gasteiger partial charge in [-0.05, 0) is 49.2 Å². The van der Waals surface area contributed by atoms with Gasteiger partial charge in [0.2, 0.25) is 10.0 Å². The second kappa shape index (κ2) is 7.98. The molecule has 28 heavy (non-hydrogen) atoms. The highest BCUT2D eigenvalue weighted by Gasteiger charge is 2.25. The summed E-state index contributed by atoms with van der Waals surface area (Å²) in [5.41, 5.74) is 1.71. The highest BCUT2D eigenvalue weighted by molar-refractivity contribution is 7.89. The number of rotatable bonds is 5. The van der Waals surface area contributed by atoms with Crippen LogP contribution >= 0.6 is 11.3 Å². The van der Waals surface area contributed by atoms with Crippen molar-refractivity contribution in [3.8, 4) is 11.3 Å². The fraction of sp³-hybridized carbons (Fsp3) is 0.250. The third-order valence-electron chi connectivity index (χ3n) is 4.77. The van der Waals surface area contributed by atoms with Gasteiger partial charge in [-0.2, -0.15) is 0 Å². The molecule has 8 heteroatoms. The fourth-order valence-electron chi connectivity index (χ4n) is 3.24. The molecule has 1 aromatic heterocycles. The van der Waals surface area contributed by atoms with Crippen LogP contribution in [-0.2, 0) is 10.0 Å². The number of hydrogen-bond acceptors (Lipinski definition) is 5. The van der Waals surface area contributed by atoms with Crippen LogP contribution in [0.5, 0.6) is 0 Å². The van der Waals surface area contributed by atoms with Gasteiger partial charge in [-0.15, -0.1) is 11.3 Å². The number of benzene rings is 2. The first-order valence-corrected chi connectivity index (χ1v) is 11.4. The Bertz CT molecular complexity index is 1030. The van der Waals surface area contributed by atoms with Crippen LogP contribution in [0.2, 0.25) is 0 Å². The van der Waals surface area contributed by atoms with Crippen molar-refractivity contribution < 1.29 is 12.8 Å². The molecular formula is C20H20FN3O2S2. The fourth-order valence-corrected chi connectivity index (χ4v) is 5.45. The molecular weight excluding hydrogens is 397 g/mol. The summed E-state index contributed by atoms with van der Waals surface area (Å²) in [6, 6.07) is 14.7. The van der Waals surface area contributed by atoms with Crippen molar-refractivity contribution in [1.29, 1.82) is 0 Å². The average molecular weight is 418 g/mol. The predicted molar refractivity (Wildman–Crippen MR) is 110 cm³/mol. The lowest BCUT2D eigenvalue weighted by atomic mass is 10.1. The van der Waals surface area contributed by atoms with E-state index in [0.717, 1.165) is 42.3 Å². The first-order chi connectivity index (χ1) is 13.5. The van der Waals surface area contributed by atoms with Crippen LogP contribution in [-0.4, -0.2) is 32.5 Å². The SMILES string of the molecule is O=S(=O)(NC1CCN(c2nc(-c3ccc(F)cc3)cs2)CC1)c1ccccc1. The van der Waals surface area contributed by atoms with E-state index >= 15 is 0 Å². The van der Waals surface area contributed by atoms with Crippen molar-refractivity contribution >= 4 is 26.5 Å². The summed E-state index contributed by atoms with van der Waals surface area (Å²) in [6.45, 7) is 1.47. The Morgan fingerprint density at radius 1 is 1.04 bits per heavy atom. The van der Waals surface area contributed by atoms with Crippen LogP contribution in [0.1, 0.15) is 12.8 Å². The third-order valence-corrected chi connectivity index (χ3v) is 7.21. The standard InChI is InChI=1S/C20H20FN3O2S2/c21-16-8-6-15(7-9-16)19-14-27-20(22-19)24-12-10-17(11-13-24)23-28(25,26)18-4-2-1-3-5-18/h1-9,14,17,23H,10-13H2. The second-order valence-electron chi connectivity index (χ2n) is 6.72. The van der Waals surface area contributed by atoms with Gasteiger partial charge in [-0.25, -0.2) is 22.5 Å². The first kappa shape index (κ1) is 19.0. The van der Waals surface area contributed by atoms with E-state index in [1.54, 1.807) is 53.8 Å². The molecule has 1 N–H and O–H groups in total. The molecule has 1 aliphatic heterocycles. The Balaban J connectivity index is 1.38. The van der Waals surface area contributed by atoms with Crippen molar-refractivity contribution in [2.75, 3.05) is 18.0 Å². The lowest BCUT2D eigenvalue weighted by Gasteiger charge is -2.32.